The molecule has 0 spiro atoms. The highest BCUT2D eigenvalue weighted by molar-refractivity contribution is 5.79. The topological polar surface area (TPSA) is 58.4 Å². The molecule has 1 fully saturated rings. The third kappa shape index (κ3) is 4.90. The van der Waals surface area contributed by atoms with Crippen molar-refractivity contribution in [2.75, 3.05) is 13.1 Å². The summed E-state index contributed by atoms with van der Waals surface area (Å²) in [7, 11) is 0. The Bertz CT molecular complexity index is 709. The second-order valence-electron chi connectivity index (χ2n) is 6.83. The van der Waals surface area contributed by atoms with Gasteiger partial charge in [0.2, 0.25) is 5.91 Å². The number of rotatable bonds is 6. The lowest BCUT2D eigenvalue weighted by Gasteiger charge is -2.35. The van der Waals surface area contributed by atoms with Crippen LogP contribution in [0.4, 0.5) is 4.39 Å². The summed E-state index contributed by atoms with van der Waals surface area (Å²) in [4.78, 5) is 15.0. The van der Waals surface area contributed by atoms with Gasteiger partial charge in [-0.2, -0.15) is 0 Å². The highest BCUT2D eigenvalue weighted by atomic mass is 19.1. The number of hydrogen-bond donors (Lipinski definition) is 2. The van der Waals surface area contributed by atoms with E-state index in [9.17, 15) is 9.18 Å². The number of carbonyl (C=O) groups excluding carboxylic acids is 1. The molecule has 1 saturated heterocycles. The molecule has 0 saturated carbocycles. The lowest BCUT2D eigenvalue weighted by molar-refractivity contribution is -0.134. The molecule has 0 atom stereocenters. The van der Waals surface area contributed by atoms with E-state index in [1.165, 1.54) is 12.1 Å². The van der Waals surface area contributed by atoms with E-state index in [2.05, 4.69) is 5.32 Å². The Labute approximate surface area is 154 Å². The van der Waals surface area contributed by atoms with E-state index in [0.29, 0.717) is 19.5 Å². The number of nitrogens with zero attached hydrogens (tertiary/aromatic N) is 1. The molecule has 26 heavy (non-hydrogen) atoms. The number of carbonyl (C=O) groups is 1. The van der Waals surface area contributed by atoms with Crippen LogP contribution in [0.2, 0.25) is 0 Å². The highest BCUT2D eigenvalue weighted by Gasteiger charge is 2.25. The van der Waals surface area contributed by atoms with E-state index in [0.717, 1.165) is 42.6 Å². The van der Waals surface area contributed by atoms with Gasteiger partial charge in [0.15, 0.2) is 0 Å². The van der Waals surface area contributed by atoms with Crippen LogP contribution in [0.5, 0.6) is 0 Å². The normalized spacial score (nSPS) is 15.0. The Morgan fingerprint density at radius 3 is 2.19 bits per heavy atom. The molecular weight excluding hydrogens is 329 g/mol. The summed E-state index contributed by atoms with van der Waals surface area (Å²) in [6.45, 7) is 2.96. The molecule has 1 amide bonds. The van der Waals surface area contributed by atoms with Gasteiger partial charge in [-0.1, -0.05) is 36.4 Å². The molecule has 1 aliphatic heterocycles. The molecular formula is C21H26FN3O. The van der Waals surface area contributed by atoms with Crippen LogP contribution in [0.25, 0.3) is 0 Å². The maximum Gasteiger partial charge on any atom is 0.227 e. The fourth-order valence-corrected chi connectivity index (χ4v) is 3.40. The molecule has 0 bridgehead atoms. The van der Waals surface area contributed by atoms with E-state index in [1.807, 2.05) is 29.2 Å². The van der Waals surface area contributed by atoms with Gasteiger partial charge in [-0.3, -0.25) is 4.79 Å². The predicted octanol–water partition coefficient (Wildman–Crippen LogP) is 2.61. The number of hydrogen-bond acceptors (Lipinski definition) is 3. The lowest BCUT2D eigenvalue weighted by atomic mass is 10.0. The predicted molar refractivity (Wildman–Crippen MR) is 101 cm³/mol. The zero-order valence-corrected chi connectivity index (χ0v) is 15.0. The number of nitrogens with one attached hydrogen (secondary N) is 1. The standard InChI is InChI=1S/C21H26FN3O/c22-19-7-5-16(6-8-19)13-21(26)25(20-9-11-24-12-10-20)15-18-3-1-17(14-23)2-4-18/h1-8,20,24H,9-15,23H2. The molecule has 3 N–H and O–H groups in total. The smallest absolute Gasteiger partial charge is 0.227 e. The monoisotopic (exact) mass is 355 g/mol. The summed E-state index contributed by atoms with van der Waals surface area (Å²) in [5, 5.41) is 3.35. The first kappa shape index (κ1) is 18.5. The average Bonchev–Trinajstić information content (AvgIpc) is 2.69. The van der Waals surface area contributed by atoms with Gasteiger partial charge >= 0.3 is 0 Å². The van der Waals surface area contributed by atoms with Gasteiger partial charge in [-0.25, -0.2) is 4.39 Å². The summed E-state index contributed by atoms with van der Waals surface area (Å²) < 4.78 is 13.1. The molecule has 0 aliphatic carbocycles. The van der Waals surface area contributed by atoms with E-state index in [4.69, 9.17) is 5.73 Å². The molecule has 4 nitrogen and oxygen atoms in total. The van der Waals surface area contributed by atoms with Gasteiger partial charge in [0.25, 0.3) is 0 Å². The zero-order valence-electron chi connectivity index (χ0n) is 15.0. The number of piperidine rings is 1. The van der Waals surface area contributed by atoms with Crippen LogP contribution >= 0.6 is 0 Å². The molecule has 2 aromatic carbocycles. The van der Waals surface area contributed by atoms with Crippen molar-refractivity contribution in [3.8, 4) is 0 Å². The van der Waals surface area contributed by atoms with Gasteiger partial charge < -0.3 is 16.0 Å². The van der Waals surface area contributed by atoms with Crippen LogP contribution in [-0.2, 0) is 24.3 Å². The summed E-state index contributed by atoms with van der Waals surface area (Å²) in [5.74, 6) is -0.192. The molecule has 3 rings (SSSR count). The highest BCUT2D eigenvalue weighted by Crippen LogP contribution is 2.18. The van der Waals surface area contributed by atoms with E-state index in [1.54, 1.807) is 12.1 Å². The largest absolute Gasteiger partial charge is 0.335 e. The second kappa shape index (κ2) is 8.92. The SMILES string of the molecule is NCc1ccc(CN(C(=O)Cc2ccc(F)cc2)C2CCNCC2)cc1. The van der Waals surface area contributed by atoms with Crippen LogP contribution in [0.15, 0.2) is 48.5 Å². The first-order chi connectivity index (χ1) is 12.7. The summed E-state index contributed by atoms with van der Waals surface area (Å²) in [5.41, 5.74) is 8.69. The van der Waals surface area contributed by atoms with Crippen molar-refractivity contribution in [2.45, 2.75) is 38.4 Å². The maximum absolute atomic E-state index is 13.1. The second-order valence-corrected chi connectivity index (χ2v) is 6.83. The van der Waals surface area contributed by atoms with Crippen molar-refractivity contribution in [3.05, 3.63) is 71.0 Å². The molecule has 1 aliphatic rings. The molecule has 0 aromatic heterocycles. The maximum atomic E-state index is 13.1. The number of halogens is 1. The fraction of sp³-hybridized carbons (Fsp3) is 0.381. The molecule has 0 unspecified atom stereocenters. The van der Waals surface area contributed by atoms with Gasteiger partial charge in [0.1, 0.15) is 5.82 Å². The Hall–Kier alpha value is -2.24. The molecule has 0 radical (unpaired) electrons. The van der Waals surface area contributed by atoms with Gasteiger partial charge in [0.05, 0.1) is 6.42 Å². The van der Waals surface area contributed by atoms with Crippen LogP contribution in [-0.4, -0.2) is 29.9 Å². The Morgan fingerprint density at radius 1 is 1.00 bits per heavy atom. The van der Waals surface area contributed by atoms with Crippen LogP contribution in [0.3, 0.4) is 0 Å². The van der Waals surface area contributed by atoms with Crippen LogP contribution < -0.4 is 11.1 Å². The van der Waals surface area contributed by atoms with Crippen molar-refractivity contribution in [3.63, 3.8) is 0 Å². The van der Waals surface area contributed by atoms with Crippen LogP contribution in [0, 0.1) is 5.82 Å². The van der Waals surface area contributed by atoms with Gasteiger partial charge in [-0.15, -0.1) is 0 Å². The minimum atomic E-state index is -0.281. The Kier molecular flexibility index (Phi) is 6.36. The van der Waals surface area contributed by atoms with E-state index < -0.39 is 0 Å². The van der Waals surface area contributed by atoms with Crippen molar-refractivity contribution >= 4 is 5.91 Å². The third-order valence-corrected chi connectivity index (χ3v) is 4.95. The molecule has 5 heteroatoms. The number of amides is 1. The minimum absolute atomic E-state index is 0.0893. The van der Waals surface area contributed by atoms with E-state index >= 15 is 0 Å². The molecule has 138 valence electrons. The summed E-state index contributed by atoms with van der Waals surface area (Å²) in [6.07, 6.45) is 2.21. The summed E-state index contributed by atoms with van der Waals surface area (Å²) in [6, 6.07) is 14.5. The van der Waals surface area contributed by atoms with Crippen LogP contribution in [0.1, 0.15) is 29.5 Å². The minimum Gasteiger partial charge on any atom is -0.335 e. The quantitative estimate of drug-likeness (QED) is 0.837. The Morgan fingerprint density at radius 2 is 1.58 bits per heavy atom. The van der Waals surface area contributed by atoms with E-state index in [-0.39, 0.29) is 17.8 Å². The van der Waals surface area contributed by atoms with Crippen molar-refractivity contribution in [1.29, 1.82) is 0 Å². The van der Waals surface area contributed by atoms with Crippen molar-refractivity contribution in [2.24, 2.45) is 5.73 Å². The van der Waals surface area contributed by atoms with Crippen molar-refractivity contribution in [1.82, 2.24) is 10.2 Å². The van der Waals surface area contributed by atoms with Gasteiger partial charge in [-0.05, 0) is 54.8 Å². The molecule has 2 aromatic rings. The molecule has 1 heterocycles. The number of benzene rings is 2. The van der Waals surface area contributed by atoms with Gasteiger partial charge in [0, 0.05) is 19.1 Å². The first-order valence-corrected chi connectivity index (χ1v) is 9.18. The lowest BCUT2D eigenvalue weighted by Crippen LogP contribution is -2.46. The zero-order chi connectivity index (χ0) is 18.4. The third-order valence-electron chi connectivity index (χ3n) is 4.95. The Balaban J connectivity index is 1.74. The fourth-order valence-electron chi connectivity index (χ4n) is 3.40. The first-order valence-electron chi connectivity index (χ1n) is 9.18. The summed E-state index contributed by atoms with van der Waals surface area (Å²) >= 11 is 0. The average molecular weight is 355 g/mol. The number of nitrogens with two attached hydrogens (primary N) is 1. The van der Waals surface area contributed by atoms with Crippen molar-refractivity contribution < 1.29 is 9.18 Å².